The van der Waals surface area contributed by atoms with Crippen LogP contribution in [-0.2, 0) is 6.42 Å². The molecule has 0 bridgehead atoms. The van der Waals surface area contributed by atoms with Crippen molar-refractivity contribution in [2.45, 2.75) is 6.42 Å². The number of benzene rings is 1. The normalized spacial score (nSPS) is 10.2. The first kappa shape index (κ1) is 13.4. The molecule has 19 heavy (non-hydrogen) atoms. The van der Waals surface area contributed by atoms with Gasteiger partial charge in [0.25, 0.3) is 11.5 Å². The average Bonchev–Trinajstić information content (AvgIpc) is 2.41. The summed E-state index contributed by atoms with van der Waals surface area (Å²) >= 11 is 5.79. The lowest BCUT2D eigenvalue weighted by molar-refractivity contribution is 0.0952. The van der Waals surface area contributed by atoms with Crippen LogP contribution in [-0.4, -0.2) is 17.4 Å². The molecule has 0 unspecified atom stereocenters. The number of hydrogen-bond donors (Lipinski definition) is 2. The highest BCUT2D eigenvalue weighted by molar-refractivity contribution is 6.30. The monoisotopic (exact) mass is 276 g/mol. The summed E-state index contributed by atoms with van der Waals surface area (Å²) in [6.07, 6.45) is 2.18. The molecule has 0 fully saturated rings. The van der Waals surface area contributed by atoms with Crippen molar-refractivity contribution in [2.75, 3.05) is 6.54 Å². The lowest BCUT2D eigenvalue weighted by Gasteiger charge is -2.05. The lowest BCUT2D eigenvalue weighted by atomic mass is 10.1. The summed E-state index contributed by atoms with van der Waals surface area (Å²) in [6, 6.07) is 10.5. The molecule has 0 aliphatic heterocycles. The Morgan fingerprint density at radius 2 is 1.95 bits per heavy atom. The topological polar surface area (TPSA) is 62.0 Å². The van der Waals surface area contributed by atoms with E-state index in [1.807, 2.05) is 12.1 Å². The summed E-state index contributed by atoms with van der Waals surface area (Å²) in [4.78, 5) is 25.6. The van der Waals surface area contributed by atoms with E-state index in [9.17, 15) is 9.59 Å². The van der Waals surface area contributed by atoms with Gasteiger partial charge >= 0.3 is 0 Å². The Balaban J connectivity index is 1.89. The van der Waals surface area contributed by atoms with Crippen molar-refractivity contribution >= 4 is 17.5 Å². The van der Waals surface area contributed by atoms with Crippen molar-refractivity contribution in [1.29, 1.82) is 0 Å². The third kappa shape index (κ3) is 3.69. The molecular formula is C14H13ClN2O2. The summed E-state index contributed by atoms with van der Waals surface area (Å²) in [7, 11) is 0. The fourth-order valence-electron chi connectivity index (χ4n) is 1.67. The van der Waals surface area contributed by atoms with Crippen molar-refractivity contribution in [2.24, 2.45) is 0 Å². The number of H-pyrrole nitrogens is 1. The number of carbonyl (C=O) groups excluding carboxylic acids is 1. The van der Waals surface area contributed by atoms with Crippen molar-refractivity contribution in [3.63, 3.8) is 0 Å². The zero-order valence-electron chi connectivity index (χ0n) is 10.2. The highest BCUT2D eigenvalue weighted by Crippen LogP contribution is 2.09. The van der Waals surface area contributed by atoms with Gasteiger partial charge in [-0.1, -0.05) is 23.7 Å². The molecule has 2 aromatic rings. The van der Waals surface area contributed by atoms with Crippen LogP contribution >= 0.6 is 11.6 Å². The van der Waals surface area contributed by atoms with Gasteiger partial charge in [-0.3, -0.25) is 9.59 Å². The van der Waals surface area contributed by atoms with Crippen LogP contribution in [0.3, 0.4) is 0 Å². The van der Waals surface area contributed by atoms with Gasteiger partial charge in [0, 0.05) is 17.8 Å². The number of amides is 1. The fourth-order valence-corrected chi connectivity index (χ4v) is 1.79. The number of aromatic nitrogens is 1. The zero-order chi connectivity index (χ0) is 13.7. The molecular weight excluding hydrogens is 264 g/mol. The fraction of sp³-hybridized carbons (Fsp3) is 0.143. The van der Waals surface area contributed by atoms with E-state index in [0.29, 0.717) is 18.0 Å². The molecule has 0 atom stereocenters. The van der Waals surface area contributed by atoms with Crippen LogP contribution in [0.15, 0.2) is 47.4 Å². The van der Waals surface area contributed by atoms with Crippen LogP contribution in [0.5, 0.6) is 0 Å². The van der Waals surface area contributed by atoms with Crippen LogP contribution in [0, 0.1) is 0 Å². The third-order valence-corrected chi connectivity index (χ3v) is 2.93. The van der Waals surface area contributed by atoms with Crippen molar-refractivity contribution in [3.05, 3.63) is 69.1 Å². The van der Waals surface area contributed by atoms with Gasteiger partial charge in [-0.25, -0.2) is 0 Å². The second-order valence-corrected chi connectivity index (χ2v) is 4.48. The van der Waals surface area contributed by atoms with E-state index in [0.717, 1.165) is 5.56 Å². The van der Waals surface area contributed by atoms with E-state index in [1.54, 1.807) is 18.2 Å². The summed E-state index contributed by atoms with van der Waals surface area (Å²) < 4.78 is 0. The largest absolute Gasteiger partial charge is 0.352 e. The van der Waals surface area contributed by atoms with Gasteiger partial charge in [-0.2, -0.15) is 0 Å². The number of rotatable bonds is 4. The summed E-state index contributed by atoms with van der Waals surface area (Å²) in [5, 5.41) is 3.39. The van der Waals surface area contributed by atoms with Crippen LogP contribution in [0.4, 0.5) is 0 Å². The second-order valence-electron chi connectivity index (χ2n) is 4.05. The first-order valence-corrected chi connectivity index (χ1v) is 6.25. The quantitative estimate of drug-likeness (QED) is 0.897. The molecule has 2 N–H and O–H groups in total. The van der Waals surface area contributed by atoms with Crippen molar-refractivity contribution in [1.82, 2.24) is 10.3 Å². The van der Waals surface area contributed by atoms with Crippen LogP contribution in [0.1, 0.15) is 15.9 Å². The maximum Gasteiger partial charge on any atom is 0.260 e. The Hall–Kier alpha value is -2.07. The third-order valence-electron chi connectivity index (χ3n) is 2.68. The minimum Gasteiger partial charge on any atom is -0.352 e. The summed E-state index contributed by atoms with van der Waals surface area (Å²) in [6.45, 7) is 0.467. The molecule has 1 aromatic heterocycles. The SMILES string of the molecule is O=C(NCCc1ccc(Cl)cc1)c1ccc[nH]c1=O. The second kappa shape index (κ2) is 6.20. The van der Waals surface area contributed by atoms with E-state index < -0.39 is 0 Å². The minimum atomic E-state index is -0.383. The maximum absolute atomic E-state index is 11.8. The molecule has 4 nitrogen and oxygen atoms in total. The van der Waals surface area contributed by atoms with Gasteiger partial charge in [0.15, 0.2) is 0 Å². The van der Waals surface area contributed by atoms with Gasteiger partial charge < -0.3 is 10.3 Å². The Morgan fingerprint density at radius 3 is 2.63 bits per heavy atom. The Morgan fingerprint density at radius 1 is 1.21 bits per heavy atom. The maximum atomic E-state index is 11.8. The molecule has 5 heteroatoms. The predicted octanol–water partition coefficient (Wildman–Crippen LogP) is 2.00. The van der Waals surface area contributed by atoms with Gasteiger partial charge in [0.2, 0.25) is 0 Å². The number of nitrogens with one attached hydrogen (secondary N) is 2. The molecule has 0 aliphatic rings. The van der Waals surface area contributed by atoms with E-state index in [4.69, 9.17) is 11.6 Å². The number of carbonyl (C=O) groups is 1. The van der Waals surface area contributed by atoms with E-state index >= 15 is 0 Å². The van der Waals surface area contributed by atoms with Crippen LogP contribution < -0.4 is 10.9 Å². The molecule has 0 saturated carbocycles. The Labute approximate surface area is 115 Å². The van der Waals surface area contributed by atoms with Crippen LogP contribution in [0.25, 0.3) is 0 Å². The lowest BCUT2D eigenvalue weighted by Crippen LogP contribution is -2.30. The molecule has 1 heterocycles. The van der Waals surface area contributed by atoms with E-state index in [-0.39, 0.29) is 17.0 Å². The Bertz CT molecular complexity index is 620. The number of aromatic amines is 1. The molecule has 1 amide bonds. The predicted molar refractivity (Wildman–Crippen MR) is 74.6 cm³/mol. The molecule has 0 saturated heterocycles. The highest BCUT2D eigenvalue weighted by Gasteiger charge is 2.08. The Kier molecular flexibility index (Phi) is 4.36. The summed E-state index contributed by atoms with van der Waals surface area (Å²) in [5.74, 6) is -0.365. The van der Waals surface area contributed by atoms with E-state index in [2.05, 4.69) is 10.3 Å². The highest BCUT2D eigenvalue weighted by atomic mass is 35.5. The molecule has 98 valence electrons. The number of pyridine rings is 1. The molecule has 0 aliphatic carbocycles. The van der Waals surface area contributed by atoms with Gasteiger partial charge in [0.1, 0.15) is 5.56 Å². The number of hydrogen-bond acceptors (Lipinski definition) is 2. The molecule has 1 aromatic carbocycles. The van der Waals surface area contributed by atoms with Gasteiger partial charge in [-0.05, 0) is 36.2 Å². The average molecular weight is 277 g/mol. The molecule has 2 rings (SSSR count). The smallest absolute Gasteiger partial charge is 0.260 e. The zero-order valence-corrected chi connectivity index (χ0v) is 10.9. The summed E-state index contributed by atoms with van der Waals surface area (Å²) in [5.41, 5.74) is 0.816. The number of halogens is 1. The van der Waals surface area contributed by atoms with E-state index in [1.165, 1.54) is 12.3 Å². The van der Waals surface area contributed by atoms with Crippen molar-refractivity contribution < 1.29 is 4.79 Å². The van der Waals surface area contributed by atoms with Crippen LogP contribution in [0.2, 0.25) is 5.02 Å². The van der Waals surface area contributed by atoms with Crippen molar-refractivity contribution in [3.8, 4) is 0 Å². The standard InChI is InChI=1S/C14H13ClN2O2/c15-11-5-3-10(4-6-11)7-9-17-14(19)12-2-1-8-16-13(12)18/h1-6,8H,7,9H2,(H,16,18)(H,17,19). The first-order valence-electron chi connectivity index (χ1n) is 5.87. The van der Waals surface area contributed by atoms with Gasteiger partial charge in [-0.15, -0.1) is 0 Å². The van der Waals surface area contributed by atoms with Gasteiger partial charge in [0.05, 0.1) is 0 Å². The minimum absolute atomic E-state index is 0.124. The molecule has 0 spiro atoms. The molecule has 0 radical (unpaired) electrons. The first-order chi connectivity index (χ1) is 9.16.